The van der Waals surface area contributed by atoms with Gasteiger partial charge in [0.2, 0.25) is 0 Å². The number of benzene rings is 1. The molecule has 0 radical (unpaired) electrons. The first-order valence-corrected chi connectivity index (χ1v) is 10.3. The van der Waals surface area contributed by atoms with E-state index in [1.807, 2.05) is 24.1 Å². The van der Waals surface area contributed by atoms with Crippen LogP contribution in [-0.4, -0.2) is 60.0 Å². The molecule has 0 bridgehead atoms. The number of aryl methyl sites for hydroxylation is 1. The molecule has 1 N–H and O–H groups in total. The Morgan fingerprint density at radius 1 is 1.24 bits per heavy atom. The highest BCUT2D eigenvalue weighted by Gasteiger charge is 2.25. The molecule has 29 heavy (non-hydrogen) atoms. The van der Waals surface area contributed by atoms with Crippen LogP contribution in [0.5, 0.6) is 0 Å². The molecule has 7 heteroatoms. The largest absolute Gasteiger partial charge is 0.370 e. The maximum absolute atomic E-state index is 5.97. The average Bonchev–Trinajstić information content (AvgIpc) is 3.44. The zero-order valence-corrected chi connectivity index (χ0v) is 17.3. The number of hydrogen-bond donors (Lipinski definition) is 1. The van der Waals surface area contributed by atoms with Crippen molar-refractivity contribution in [3.05, 3.63) is 59.9 Å². The zero-order valence-electron chi connectivity index (χ0n) is 17.3. The lowest BCUT2D eigenvalue weighted by atomic mass is 10.1. The third-order valence-electron chi connectivity index (χ3n) is 5.33. The Kier molecular flexibility index (Phi) is 6.14. The Morgan fingerprint density at radius 3 is 2.72 bits per heavy atom. The second-order valence-electron chi connectivity index (χ2n) is 7.47. The summed E-state index contributed by atoms with van der Waals surface area (Å²) in [6, 6.07) is 8.74. The van der Waals surface area contributed by atoms with E-state index in [2.05, 4.69) is 63.6 Å². The van der Waals surface area contributed by atoms with Gasteiger partial charge in [0.15, 0.2) is 5.96 Å². The van der Waals surface area contributed by atoms with E-state index in [4.69, 9.17) is 9.73 Å². The van der Waals surface area contributed by atoms with Gasteiger partial charge in [0.25, 0.3) is 0 Å². The lowest BCUT2D eigenvalue weighted by molar-refractivity contribution is -0.00805. The van der Waals surface area contributed by atoms with Crippen molar-refractivity contribution in [2.75, 3.05) is 44.2 Å². The predicted octanol–water partition coefficient (Wildman–Crippen LogP) is 2.34. The summed E-state index contributed by atoms with van der Waals surface area (Å²) in [6.45, 7) is 7.90. The standard InChI is InChI=1S/C22H30N6O/c1-3-23-22(28-12-13-29-21(17-28)19-15-25-26(2)16-19)24-14-18-6-8-20(9-7-18)27-10-4-5-11-27/h4-9,15-16,21H,3,10-14,17H2,1-2H3,(H,23,24). The van der Waals surface area contributed by atoms with Crippen LogP contribution in [0.25, 0.3) is 0 Å². The molecular formula is C22H30N6O. The number of aliphatic imine (C=N–C) groups is 1. The number of ether oxygens (including phenoxy) is 1. The van der Waals surface area contributed by atoms with Crippen LogP contribution in [0.1, 0.15) is 24.2 Å². The number of guanidine groups is 1. The molecule has 1 saturated heterocycles. The third-order valence-corrected chi connectivity index (χ3v) is 5.33. The van der Waals surface area contributed by atoms with E-state index in [-0.39, 0.29) is 6.10 Å². The summed E-state index contributed by atoms with van der Waals surface area (Å²) in [4.78, 5) is 9.53. The molecule has 0 saturated carbocycles. The second-order valence-corrected chi connectivity index (χ2v) is 7.47. The topological polar surface area (TPSA) is 57.9 Å². The Morgan fingerprint density at radius 2 is 2.03 bits per heavy atom. The van der Waals surface area contributed by atoms with Crippen molar-refractivity contribution in [3.63, 3.8) is 0 Å². The van der Waals surface area contributed by atoms with Gasteiger partial charge in [-0.1, -0.05) is 24.3 Å². The summed E-state index contributed by atoms with van der Waals surface area (Å²) in [5, 5.41) is 7.71. The van der Waals surface area contributed by atoms with E-state index in [9.17, 15) is 0 Å². The summed E-state index contributed by atoms with van der Waals surface area (Å²) >= 11 is 0. The maximum atomic E-state index is 5.97. The monoisotopic (exact) mass is 394 g/mol. The summed E-state index contributed by atoms with van der Waals surface area (Å²) in [5.41, 5.74) is 3.59. The van der Waals surface area contributed by atoms with Gasteiger partial charge in [-0.3, -0.25) is 4.68 Å². The summed E-state index contributed by atoms with van der Waals surface area (Å²) in [6.07, 6.45) is 8.35. The van der Waals surface area contributed by atoms with Crippen LogP contribution in [0.15, 0.2) is 53.8 Å². The first kappa shape index (κ1) is 19.5. The summed E-state index contributed by atoms with van der Waals surface area (Å²) in [5.74, 6) is 0.942. The first-order chi connectivity index (χ1) is 14.2. The molecule has 1 atom stereocenters. The van der Waals surface area contributed by atoms with Gasteiger partial charge in [-0.15, -0.1) is 0 Å². The number of aromatic nitrogens is 2. The Hall–Kier alpha value is -2.80. The number of hydrogen-bond acceptors (Lipinski definition) is 4. The molecule has 0 aliphatic carbocycles. The van der Waals surface area contributed by atoms with E-state index in [1.54, 1.807) is 0 Å². The van der Waals surface area contributed by atoms with E-state index in [0.29, 0.717) is 13.2 Å². The average molecular weight is 395 g/mol. The molecule has 3 heterocycles. The van der Waals surface area contributed by atoms with Crippen LogP contribution in [0.2, 0.25) is 0 Å². The van der Waals surface area contributed by atoms with Crippen molar-refractivity contribution in [1.29, 1.82) is 0 Å². The van der Waals surface area contributed by atoms with Crippen molar-refractivity contribution < 1.29 is 4.74 Å². The van der Waals surface area contributed by atoms with Gasteiger partial charge in [-0.25, -0.2) is 4.99 Å². The van der Waals surface area contributed by atoms with Gasteiger partial charge in [0, 0.05) is 50.7 Å². The van der Waals surface area contributed by atoms with Gasteiger partial charge in [0.1, 0.15) is 6.10 Å². The third kappa shape index (κ3) is 4.79. The Balaban J connectivity index is 1.41. The molecule has 1 unspecified atom stereocenters. The fourth-order valence-electron chi connectivity index (χ4n) is 3.74. The SMILES string of the molecule is CCNC(=NCc1ccc(N2CC=CC2)cc1)N1CCOC(c2cnn(C)c2)C1. The van der Waals surface area contributed by atoms with Crippen LogP contribution < -0.4 is 10.2 Å². The van der Waals surface area contributed by atoms with Crippen LogP contribution in [-0.2, 0) is 18.3 Å². The minimum Gasteiger partial charge on any atom is -0.370 e. The highest BCUT2D eigenvalue weighted by Crippen LogP contribution is 2.22. The van der Waals surface area contributed by atoms with Gasteiger partial charge in [-0.05, 0) is 24.6 Å². The van der Waals surface area contributed by atoms with Crippen LogP contribution in [0.4, 0.5) is 5.69 Å². The fourth-order valence-corrected chi connectivity index (χ4v) is 3.74. The maximum Gasteiger partial charge on any atom is 0.194 e. The smallest absolute Gasteiger partial charge is 0.194 e. The molecule has 2 aromatic rings. The molecule has 0 amide bonds. The molecular weight excluding hydrogens is 364 g/mol. The fraction of sp³-hybridized carbons (Fsp3) is 0.455. The number of rotatable bonds is 5. The minimum atomic E-state index is 0.0228. The molecule has 1 aromatic carbocycles. The number of nitrogens with one attached hydrogen (secondary N) is 1. The molecule has 7 nitrogen and oxygen atoms in total. The molecule has 4 rings (SSSR count). The first-order valence-electron chi connectivity index (χ1n) is 10.3. The Labute approximate surface area is 172 Å². The van der Waals surface area contributed by atoms with Crippen molar-refractivity contribution in [2.45, 2.75) is 19.6 Å². The van der Waals surface area contributed by atoms with Crippen LogP contribution >= 0.6 is 0 Å². The van der Waals surface area contributed by atoms with Crippen molar-refractivity contribution >= 4 is 11.6 Å². The second kappa shape index (κ2) is 9.13. The lowest BCUT2D eigenvalue weighted by Gasteiger charge is -2.34. The molecule has 2 aliphatic rings. The molecule has 2 aliphatic heterocycles. The highest BCUT2D eigenvalue weighted by atomic mass is 16.5. The summed E-state index contributed by atoms with van der Waals surface area (Å²) < 4.78 is 7.79. The van der Waals surface area contributed by atoms with Crippen molar-refractivity contribution in [2.24, 2.45) is 12.0 Å². The van der Waals surface area contributed by atoms with E-state index in [0.717, 1.165) is 44.2 Å². The molecule has 1 fully saturated rings. The van der Waals surface area contributed by atoms with Crippen molar-refractivity contribution in [1.82, 2.24) is 20.0 Å². The van der Waals surface area contributed by atoms with Crippen LogP contribution in [0, 0.1) is 0 Å². The molecule has 0 spiro atoms. The molecule has 154 valence electrons. The normalized spacial score (nSPS) is 19.8. The molecule has 1 aromatic heterocycles. The van der Waals surface area contributed by atoms with Gasteiger partial charge >= 0.3 is 0 Å². The lowest BCUT2D eigenvalue weighted by Crippen LogP contribution is -2.48. The van der Waals surface area contributed by atoms with Crippen molar-refractivity contribution in [3.8, 4) is 0 Å². The van der Waals surface area contributed by atoms with E-state index in [1.165, 1.54) is 11.3 Å². The van der Waals surface area contributed by atoms with Gasteiger partial charge in [0.05, 0.1) is 25.9 Å². The van der Waals surface area contributed by atoms with E-state index < -0.39 is 0 Å². The van der Waals surface area contributed by atoms with Gasteiger partial charge in [-0.2, -0.15) is 5.10 Å². The quantitative estimate of drug-likeness (QED) is 0.479. The zero-order chi connectivity index (χ0) is 20.1. The summed E-state index contributed by atoms with van der Waals surface area (Å²) in [7, 11) is 1.93. The van der Waals surface area contributed by atoms with E-state index >= 15 is 0 Å². The minimum absolute atomic E-state index is 0.0228. The number of anilines is 1. The number of morpholine rings is 1. The van der Waals surface area contributed by atoms with Gasteiger partial charge < -0.3 is 19.9 Å². The predicted molar refractivity (Wildman–Crippen MR) is 116 cm³/mol. The number of nitrogens with zero attached hydrogens (tertiary/aromatic N) is 5. The van der Waals surface area contributed by atoms with Crippen LogP contribution in [0.3, 0.4) is 0 Å². The Bertz CT molecular complexity index is 848. The highest BCUT2D eigenvalue weighted by molar-refractivity contribution is 5.80.